The van der Waals surface area contributed by atoms with Crippen molar-refractivity contribution in [3.05, 3.63) is 64.9 Å². The summed E-state index contributed by atoms with van der Waals surface area (Å²) in [6.45, 7) is 0. The van der Waals surface area contributed by atoms with Crippen molar-refractivity contribution in [3.8, 4) is 0 Å². The molecule has 9 heteroatoms. The summed E-state index contributed by atoms with van der Waals surface area (Å²) in [5.41, 5.74) is -1.63. The second-order valence-electron chi connectivity index (χ2n) is 5.03. The number of fused-ring (bicyclic) bond motifs is 1. The molecule has 0 bridgehead atoms. The Kier molecular flexibility index (Phi) is 4.44. The first-order chi connectivity index (χ1) is 11.7. The first kappa shape index (κ1) is 17.7. The van der Waals surface area contributed by atoms with Crippen LogP contribution in [0.1, 0.15) is 11.3 Å². The minimum atomic E-state index is -4.50. The lowest BCUT2D eigenvalue weighted by Crippen LogP contribution is -2.04. The van der Waals surface area contributed by atoms with Crippen molar-refractivity contribution in [3.63, 3.8) is 0 Å². The summed E-state index contributed by atoms with van der Waals surface area (Å²) in [7, 11) is 0. The van der Waals surface area contributed by atoms with E-state index in [2.05, 4.69) is 0 Å². The van der Waals surface area contributed by atoms with Crippen LogP contribution in [0.2, 0.25) is 0 Å². The fourth-order valence-corrected chi connectivity index (χ4v) is 3.00. The van der Waals surface area contributed by atoms with E-state index in [9.17, 15) is 30.7 Å². The number of furan rings is 1. The van der Waals surface area contributed by atoms with Gasteiger partial charge in [0.25, 0.3) is 0 Å². The third-order valence-corrected chi connectivity index (χ3v) is 4.36. The molecule has 0 N–H and O–H groups in total. The molecule has 0 saturated heterocycles. The number of hydrogen-bond donors (Lipinski definition) is 0. The van der Waals surface area contributed by atoms with Crippen LogP contribution < -0.4 is 0 Å². The van der Waals surface area contributed by atoms with E-state index in [1.165, 1.54) is 12.1 Å². The largest absolute Gasteiger partial charge is 0.457 e. The monoisotopic (exact) mass is 380 g/mol. The number of alkyl halides is 3. The van der Waals surface area contributed by atoms with E-state index >= 15 is 0 Å². The standard InChI is InChI=1S/C16H7F7OS/c17-11-10-5-8(24-15(10)14(20)13(19)12(11)18)6-25-9-3-1-2-7(4-9)16(21,22)23/h1-5H,6H2. The van der Waals surface area contributed by atoms with E-state index in [0.29, 0.717) is 0 Å². The molecule has 0 aliphatic carbocycles. The zero-order valence-corrected chi connectivity index (χ0v) is 12.9. The number of halogens is 7. The van der Waals surface area contributed by atoms with Gasteiger partial charge in [0.2, 0.25) is 11.6 Å². The summed E-state index contributed by atoms with van der Waals surface area (Å²) in [5.74, 6) is -7.32. The highest BCUT2D eigenvalue weighted by molar-refractivity contribution is 7.98. The quantitative estimate of drug-likeness (QED) is 0.229. The molecule has 2 aromatic carbocycles. The highest BCUT2D eigenvalue weighted by atomic mass is 32.2. The molecule has 25 heavy (non-hydrogen) atoms. The molecule has 3 rings (SSSR count). The van der Waals surface area contributed by atoms with Crippen LogP contribution in [-0.4, -0.2) is 0 Å². The molecule has 0 saturated carbocycles. The zero-order chi connectivity index (χ0) is 18.4. The summed E-state index contributed by atoms with van der Waals surface area (Å²) in [4.78, 5) is 0.244. The second-order valence-corrected chi connectivity index (χ2v) is 6.07. The van der Waals surface area contributed by atoms with Crippen molar-refractivity contribution >= 4 is 22.7 Å². The first-order valence-corrected chi connectivity index (χ1v) is 7.71. The van der Waals surface area contributed by atoms with Gasteiger partial charge in [-0.1, -0.05) is 6.07 Å². The van der Waals surface area contributed by atoms with E-state index in [4.69, 9.17) is 4.42 Å². The van der Waals surface area contributed by atoms with Crippen LogP contribution in [0.5, 0.6) is 0 Å². The van der Waals surface area contributed by atoms with Gasteiger partial charge < -0.3 is 4.42 Å². The van der Waals surface area contributed by atoms with Crippen molar-refractivity contribution < 1.29 is 35.2 Å². The Labute approximate surface area is 140 Å². The van der Waals surface area contributed by atoms with Crippen molar-refractivity contribution in [1.82, 2.24) is 0 Å². The molecule has 1 heterocycles. The number of benzene rings is 2. The van der Waals surface area contributed by atoms with Gasteiger partial charge in [0, 0.05) is 4.90 Å². The van der Waals surface area contributed by atoms with Crippen molar-refractivity contribution in [2.24, 2.45) is 0 Å². The van der Waals surface area contributed by atoms with E-state index in [1.807, 2.05) is 0 Å². The number of thioether (sulfide) groups is 1. The molecule has 0 amide bonds. The van der Waals surface area contributed by atoms with Gasteiger partial charge in [0.05, 0.1) is 16.7 Å². The van der Waals surface area contributed by atoms with Gasteiger partial charge in [-0.15, -0.1) is 11.8 Å². The Morgan fingerprint density at radius 2 is 1.56 bits per heavy atom. The molecule has 0 aliphatic rings. The Morgan fingerprint density at radius 1 is 0.880 bits per heavy atom. The molecule has 0 spiro atoms. The van der Waals surface area contributed by atoms with Crippen molar-refractivity contribution in [1.29, 1.82) is 0 Å². The Morgan fingerprint density at radius 3 is 2.24 bits per heavy atom. The van der Waals surface area contributed by atoms with Crippen LogP contribution in [0.15, 0.2) is 39.6 Å². The summed E-state index contributed by atoms with van der Waals surface area (Å²) < 4.78 is 96.5. The van der Waals surface area contributed by atoms with Gasteiger partial charge in [-0.05, 0) is 24.3 Å². The third kappa shape index (κ3) is 3.33. The fourth-order valence-electron chi connectivity index (χ4n) is 2.17. The van der Waals surface area contributed by atoms with Crippen LogP contribution in [0.25, 0.3) is 11.0 Å². The molecule has 0 atom stereocenters. The van der Waals surface area contributed by atoms with Gasteiger partial charge in [0.1, 0.15) is 5.76 Å². The summed E-state index contributed by atoms with van der Waals surface area (Å²) in [6, 6.07) is 5.43. The highest BCUT2D eigenvalue weighted by Gasteiger charge is 2.30. The minimum absolute atomic E-state index is 0.0415. The summed E-state index contributed by atoms with van der Waals surface area (Å²) >= 11 is 0.913. The SMILES string of the molecule is Fc1c(F)c(F)c2oc(CSc3cccc(C(F)(F)F)c3)cc2c1F. The van der Waals surface area contributed by atoms with Crippen molar-refractivity contribution in [2.45, 2.75) is 16.8 Å². The minimum Gasteiger partial charge on any atom is -0.457 e. The predicted octanol–water partition coefficient (Wildman–Crippen LogP) is 6.30. The van der Waals surface area contributed by atoms with E-state index in [1.54, 1.807) is 0 Å². The maximum absolute atomic E-state index is 13.6. The van der Waals surface area contributed by atoms with Crippen molar-refractivity contribution in [2.75, 3.05) is 0 Å². The third-order valence-electron chi connectivity index (χ3n) is 3.34. The molecular formula is C16H7F7OS. The summed E-state index contributed by atoms with van der Waals surface area (Å²) in [6.07, 6.45) is -4.50. The average molecular weight is 380 g/mol. The molecule has 1 nitrogen and oxygen atoms in total. The summed E-state index contributed by atoms with van der Waals surface area (Å²) in [5, 5.41) is -0.573. The van der Waals surface area contributed by atoms with Crippen LogP contribution in [0, 0.1) is 23.3 Å². The maximum Gasteiger partial charge on any atom is 0.416 e. The molecule has 0 radical (unpaired) electrons. The smallest absolute Gasteiger partial charge is 0.416 e. The maximum atomic E-state index is 13.6. The Balaban J connectivity index is 1.88. The molecule has 3 aromatic rings. The van der Waals surface area contributed by atoms with Gasteiger partial charge in [-0.3, -0.25) is 0 Å². The normalized spacial score (nSPS) is 12.1. The van der Waals surface area contributed by atoms with Crippen LogP contribution in [0.4, 0.5) is 30.7 Å². The van der Waals surface area contributed by atoms with Gasteiger partial charge in [-0.25, -0.2) is 13.2 Å². The van der Waals surface area contributed by atoms with Crippen LogP contribution >= 0.6 is 11.8 Å². The number of hydrogen-bond acceptors (Lipinski definition) is 2. The molecule has 0 aliphatic heterocycles. The van der Waals surface area contributed by atoms with Gasteiger partial charge >= 0.3 is 6.18 Å². The lowest BCUT2D eigenvalue weighted by molar-refractivity contribution is -0.137. The molecule has 0 fully saturated rings. The number of rotatable bonds is 3. The van der Waals surface area contributed by atoms with Gasteiger partial charge in [-0.2, -0.15) is 17.6 Å². The van der Waals surface area contributed by atoms with E-state index < -0.39 is 46.0 Å². The fraction of sp³-hybridized carbons (Fsp3) is 0.125. The van der Waals surface area contributed by atoms with Crippen LogP contribution in [-0.2, 0) is 11.9 Å². The highest BCUT2D eigenvalue weighted by Crippen LogP contribution is 2.35. The average Bonchev–Trinajstić information content (AvgIpc) is 3.00. The second kappa shape index (κ2) is 6.29. The molecule has 1 aromatic heterocycles. The van der Waals surface area contributed by atoms with Crippen LogP contribution in [0.3, 0.4) is 0 Å². The Bertz CT molecular complexity index is 901. The first-order valence-electron chi connectivity index (χ1n) is 6.73. The lowest BCUT2D eigenvalue weighted by Gasteiger charge is -2.07. The Hall–Kier alpha value is -2.16. The molecular weight excluding hydrogens is 373 g/mol. The zero-order valence-electron chi connectivity index (χ0n) is 12.1. The topological polar surface area (TPSA) is 13.1 Å². The van der Waals surface area contributed by atoms with E-state index in [0.717, 1.165) is 30.0 Å². The van der Waals surface area contributed by atoms with Gasteiger partial charge in [0.15, 0.2) is 17.2 Å². The molecule has 0 unspecified atom stereocenters. The van der Waals surface area contributed by atoms with E-state index in [-0.39, 0.29) is 16.4 Å². The molecule has 132 valence electrons. The predicted molar refractivity (Wildman–Crippen MR) is 77.1 cm³/mol. The lowest BCUT2D eigenvalue weighted by atomic mass is 10.2.